The van der Waals surface area contributed by atoms with Crippen molar-refractivity contribution in [2.75, 3.05) is 26.2 Å². The SMILES string of the molecule is CCCCN(CCCC)CCCC(CC)CCN. The summed E-state index contributed by atoms with van der Waals surface area (Å²) in [4.78, 5) is 2.67. The third kappa shape index (κ3) is 9.90. The number of rotatable bonds is 13. The molecule has 0 radical (unpaired) electrons. The van der Waals surface area contributed by atoms with Crippen LogP contribution >= 0.6 is 0 Å². The van der Waals surface area contributed by atoms with Crippen LogP contribution in [-0.4, -0.2) is 31.1 Å². The predicted molar refractivity (Wildman–Crippen MR) is 82.9 cm³/mol. The Morgan fingerprint density at radius 3 is 1.83 bits per heavy atom. The summed E-state index contributed by atoms with van der Waals surface area (Å²) in [5, 5.41) is 0. The van der Waals surface area contributed by atoms with Crippen LogP contribution < -0.4 is 5.73 Å². The molecule has 0 aliphatic heterocycles. The summed E-state index contributed by atoms with van der Waals surface area (Å²) in [7, 11) is 0. The minimum Gasteiger partial charge on any atom is -0.330 e. The second kappa shape index (κ2) is 13.4. The van der Waals surface area contributed by atoms with Gasteiger partial charge in [-0.15, -0.1) is 0 Å². The first kappa shape index (κ1) is 17.9. The van der Waals surface area contributed by atoms with Crippen LogP contribution in [0.25, 0.3) is 0 Å². The lowest BCUT2D eigenvalue weighted by atomic mass is 9.96. The first-order chi connectivity index (χ1) is 8.78. The predicted octanol–water partition coefficient (Wildman–Crippen LogP) is 4.04. The summed E-state index contributed by atoms with van der Waals surface area (Å²) in [6, 6.07) is 0. The van der Waals surface area contributed by atoms with E-state index in [0.717, 1.165) is 12.5 Å². The normalized spacial score (nSPS) is 13.2. The van der Waals surface area contributed by atoms with E-state index in [9.17, 15) is 0 Å². The fraction of sp³-hybridized carbons (Fsp3) is 1.00. The molecule has 0 aromatic carbocycles. The topological polar surface area (TPSA) is 29.3 Å². The van der Waals surface area contributed by atoms with Crippen LogP contribution in [0.3, 0.4) is 0 Å². The highest BCUT2D eigenvalue weighted by Crippen LogP contribution is 2.15. The number of nitrogens with two attached hydrogens (primary N) is 1. The Kier molecular flexibility index (Phi) is 13.3. The van der Waals surface area contributed by atoms with Gasteiger partial charge in [0.05, 0.1) is 0 Å². The Morgan fingerprint density at radius 2 is 1.39 bits per heavy atom. The largest absolute Gasteiger partial charge is 0.330 e. The Labute approximate surface area is 115 Å². The summed E-state index contributed by atoms with van der Waals surface area (Å²) in [5.74, 6) is 0.856. The highest BCUT2D eigenvalue weighted by Gasteiger charge is 2.07. The van der Waals surface area contributed by atoms with Crippen LogP contribution in [0.5, 0.6) is 0 Å². The first-order valence-corrected chi connectivity index (χ1v) is 8.20. The Balaban J connectivity index is 3.77. The molecule has 1 unspecified atom stereocenters. The molecule has 0 aromatic rings. The molecule has 0 aromatic heterocycles. The van der Waals surface area contributed by atoms with Crippen LogP contribution in [0.15, 0.2) is 0 Å². The maximum absolute atomic E-state index is 5.66. The van der Waals surface area contributed by atoms with Gasteiger partial charge in [-0.05, 0) is 64.2 Å². The second-order valence-electron chi connectivity index (χ2n) is 5.54. The van der Waals surface area contributed by atoms with E-state index >= 15 is 0 Å². The van der Waals surface area contributed by atoms with Gasteiger partial charge in [0.15, 0.2) is 0 Å². The average Bonchev–Trinajstić information content (AvgIpc) is 2.40. The molecular formula is C16H36N2. The van der Waals surface area contributed by atoms with Crippen molar-refractivity contribution in [2.45, 2.75) is 72.1 Å². The van der Waals surface area contributed by atoms with E-state index < -0.39 is 0 Å². The van der Waals surface area contributed by atoms with Gasteiger partial charge in [0.25, 0.3) is 0 Å². The number of nitrogens with zero attached hydrogens (tertiary/aromatic N) is 1. The van der Waals surface area contributed by atoms with Crippen molar-refractivity contribution in [3.63, 3.8) is 0 Å². The highest BCUT2D eigenvalue weighted by atomic mass is 15.1. The molecule has 0 saturated heterocycles. The molecule has 0 fully saturated rings. The van der Waals surface area contributed by atoms with E-state index in [0.29, 0.717) is 0 Å². The summed E-state index contributed by atoms with van der Waals surface area (Å²) < 4.78 is 0. The first-order valence-electron chi connectivity index (χ1n) is 8.20. The number of hydrogen-bond donors (Lipinski definition) is 1. The standard InChI is InChI=1S/C16H36N2/c1-4-7-13-18(14-8-5-2)15-9-10-16(6-3)11-12-17/h16H,4-15,17H2,1-3H3. The number of unbranched alkanes of at least 4 members (excludes halogenated alkanes) is 2. The molecule has 0 rings (SSSR count). The molecule has 2 nitrogen and oxygen atoms in total. The second-order valence-corrected chi connectivity index (χ2v) is 5.54. The molecule has 0 aliphatic carbocycles. The fourth-order valence-electron chi connectivity index (χ4n) is 2.49. The van der Waals surface area contributed by atoms with E-state index in [-0.39, 0.29) is 0 Å². The monoisotopic (exact) mass is 256 g/mol. The Hall–Kier alpha value is -0.0800. The van der Waals surface area contributed by atoms with E-state index in [1.54, 1.807) is 0 Å². The van der Waals surface area contributed by atoms with Gasteiger partial charge in [-0.25, -0.2) is 0 Å². The van der Waals surface area contributed by atoms with Crippen molar-refractivity contribution in [1.82, 2.24) is 4.90 Å². The Morgan fingerprint density at radius 1 is 0.833 bits per heavy atom. The van der Waals surface area contributed by atoms with Crippen LogP contribution in [0, 0.1) is 5.92 Å². The van der Waals surface area contributed by atoms with E-state index in [2.05, 4.69) is 25.7 Å². The van der Waals surface area contributed by atoms with Gasteiger partial charge < -0.3 is 10.6 Å². The van der Waals surface area contributed by atoms with Gasteiger partial charge in [-0.3, -0.25) is 0 Å². The molecule has 0 heterocycles. The molecule has 0 saturated carbocycles. The summed E-state index contributed by atoms with van der Waals surface area (Å²) >= 11 is 0. The zero-order valence-electron chi connectivity index (χ0n) is 13.1. The molecule has 110 valence electrons. The lowest BCUT2D eigenvalue weighted by molar-refractivity contribution is 0.250. The molecule has 18 heavy (non-hydrogen) atoms. The van der Waals surface area contributed by atoms with Gasteiger partial charge in [-0.1, -0.05) is 40.0 Å². The lowest BCUT2D eigenvalue weighted by Crippen LogP contribution is -2.27. The zero-order valence-corrected chi connectivity index (χ0v) is 13.1. The van der Waals surface area contributed by atoms with E-state index in [4.69, 9.17) is 5.73 Å². The molecule has 1 atom stereocenters. The molecule has 0 bridgehead atoms. The van der Waals surface area contributed by atoms with Crippen molar-refractivity contribution < 1.29 is 0 Å². The molecule has 2 N–H and O–H groups in total. The van der Waals surface area contributed by atoms with Crippen LogP contribution in [-0.2, 0) is 0 Å². The van der Waals surface area contributed by atoms with Gasteiger partial charge in [0, 0.05) is 0 Å². The van der Waals surface area contributed by atoms with Gasteiger partial charge in [-0.2, -0.15) is 0 Å². The summed E-state index contributed by atoms with van der Waals surface area (Å²) in [6.07, 6.45) is 10.5. The van der Waals surface area contributed by atoms with Gasteiger partial charge in [0.1, 0.15) is 0 Å². The van der Waals surface area contributed by atoms with Crippen LogP contribution in [0.2, 0.25) is 0 Å². The quantitative estimate of drug-likeness (QED) is 0.539. The zero-order chi connectivity index (χ0) is 13.6. The highest BCUT2D eigenvalue weighted by molar-refractivity contribution is 4.62. The minimum atomic E-state index is 0.855. The number of hydrogen-bond acceptors (Lipinski definition) is 2. The van der Waals surface area contributed by atoms with Crippen molar-refractivity contribution in [3.05, 3.63) is 0 Å². The molecule has 0 aliphatic rings. The van der Waals surface area contributed by atoms with E-state index in [1.807, 2.05) is 0 Å². The van der Waals surface area contributed by atoms with Crippen molar-refractivity contribution in [2.24, 2.45) is 11.7 Å². The van der Waals surface area contributed by atoms with Gasteiger partial charge >= 0.3 is 0 Å². The van der Waals surface area contributed by atoms with E-state index in [1.165, 1.54) is 71.0 Å². The molecule has 0 spiro atoms. The molecule has 0 amide bonds. The summed E-state index contributed by atoms with van der Waals surface area (Å²) in [6.45, 7) is 11.6. The molecule has 2 heteroatoms. The van der Waals surface area contributed by atoms with Crippen LogP contribution in [0.1, 0.15) is 72.1 Å². The maximum Gasteiger partial charge on any atom is -0.00186 e. The Bertz CT molecular complexity index is 151. The molecular weight excluding hydrogens is 220 g/mol. The van der Waals surface area contributed by atoms with Crippen LogP contribution in [0.4, 0.5) is 0 Å². The minimum absolute atomic E-state index is 0.855. The average molecular weight is 256 g/mol. The fourth-order valence-corrected chi connectivity index (χ4v) is 2.49. The van der Waals surface area contributed by atoms with Crippen molar-refractivity contribution in [1.29, 1.82) is 0 Å². The lowest BCUT2D eigenvalue weighted by Gasteiger charge is -2.23. The summed E-state index contributed by atoms with van der Waals surface area (Å²) in [5.41, 5.74) is 5.66. The van der Waals surface area contributed by atoms with Crippen molar-refractivity contribution in [3.8, 4) is 0 Å². The van der Waals surface area contributed by atoms with Crippen molar-refractivity contribution >= 4 is 0 Å². The third-order valence-corrected chi connectivity index (χ3v) is 3.89. The smallest absolute Gasteiger partial charge is 0.00186 e. The van der Waals surface area contributed by atoms with Gasteiger partial charge in [0.2, 0.25) is 0 Å². The third-order valence-electron chi connectivity index (χ3n) is 3.89. The maximum atomic E-state index is 5.66.